The quantitative estimate of drug-likeness (QED) is 0.825. The molecular weight excluding hydrogens is 242 g/mol. The fraction of sp³-hybridized carbons (Fsp3) is 0.636. The summed E-state index contributed by atoms with van der Waals surface area (Å²) < 4.78 is 26.3. The fourth-order valence-corrected chi connectivity index (χ4v) is 1.72. The first kappa shape index (κ1) is 14.6. The topological polar surface area (TPSA) is 64.2 Å². The Morgan fingerprint density at radius 2 is 2.28 bits per heavy atom. The lowest BCUT2D eigenvalue weighted by atomic mass is 10.3. The molecule has 1 amide bonds. The lowest BCUT2D eigenvalue weighted by molar-refractivity contribution is 0.0552. The summed E-state index contributed by atoms with van der Waals surface area (Å²) in [5.74, 6) is -0.455. The normalized spacial score (nSPS) is 11.0. The van der Waals surface area contributed by atoms with Crippen molar-refractivity contribution >= 4 is 5.91 Å². The van der Waals surface area contributed by atoms with Gasteiger partial charge in [0, 0.05) is 19.6 Å². The molecule has 0 fully saturated rings. The van der Waals surface area contributed by atoms with Gasteiger partial charge < -0.3 is 10.6 Å². The van der Waals surface area contributed by atoms with Crippen molar-refractivity contribution in [2.75, 3.05) is 19.6 Å². The maximum Gasteiger partial charge on any atom is 0.272 e. The zero-order valence-electron chi connectivity index (χ0n) is 10.6. The average molecular weight is 260 g/mol. The Bertz CT molecular complexity index is 406. The molecule has 0 bridgehead atoms. The molecule has 1 aromatic heterocycles. The van der Waals surface area contributed by atoms with Crippen LogP contribution in [0.25, 0.3) is 0 Å². The molecule has 1 rings (SSSR count). The molecule has 0 aliphatic rings. The number of hydrogen-bond acceptors (Lipinski definition) is 3. The first-order valence-electron chi connectivity index (χ1n) is 5.81. The molecule has 0 atom stereocenters. The van der Waals surface area contributed by atoms with Gasteiger partial charge in [-0.2, -0.15) is 5.10 Å². The van der Waals surface area contributed by atoms with Gasteiger partial charge in [-0.15, -0.1) is 0 Å². The molecule has 2 N–H and O–H groups in total. The molecule has 0 unspecified atom stereocenters. The number of carbonyl (C=O) groups is 1. The SMILES string of the molecule is CCn1nc(C)cc1C(=O)N(CCN)CC(F)F. The summed E-state index contributed by atoms with van der Waals surface area (Å²) >= 11 is 0. The van der Waals surface area contributed by atoms with Crippen LogP contribution in [-0.4, -0.2) is 46.6 Å². The average Bonchev–Trinajstić information content (AvgIpc) is 2.68. The Morgan fingerprint density at radius 3 is 2.78 bits per heavy atom. The summed E-state index contributed by atoms with van der Waals surface area (Å²) in [6.45, 7) is 3.76. The third-order valence-corrected chi connectivity index (χ3v) is 2.47. The third-order valence-electron chi connectivity index (χ3n) is 2.47. The molecule has 0 spiro atoms. The number of alkyl halides is 2. The van der Waals surface area contributed by atoms with Crippen LogP contribution in [0.15, 0.2) is 6.07 Å². The number of nitrogens with two attached hydrogens (primary N) is 1. The molecule has 0 saturated heterocycles. The molecule has 102 valence electrons. The number of amides is 1. The number of carbonyl (C=O) groups excluding carboxylic acids is 1. The van der Waals surface area contributed by atoms with E-state index in [-0.39, 0.29) is 13.1 Å². The Kier molecular flexibility index (Phi) is 5.21. The summed E-state index contributed by atoms with van der Waals surface area (Å²) in [5, 5.41) is 4.12. The lowest BCUT2D eigenvalue weighted by Crippen LogP contribution is -2.39. The van der Waals surface area contributed by atoms with E-state index in [1.165, 1.54) is 4.68 Å². The van der Waals surface area contributed by atoms with E-state index in [9.17, 15) is 13.6 Å². The van der Waals surface area contributed by atoms with Crippen molar-refractivity contribution in [3.8, 4) is 0 Å². The van der Waals surface area contributed by atoms with Gasteiger partial charge in [-0.25, -0.2) is 8.78 Å². The van der Waals surface area contributed by atoms with Crippen LogP contribution in [0, 0.1) is 6.92 Å². The van der Waals surface area contributed by atoms with Gasteiger partial charge in [-0.1, -0.05) is 0 Å². The molecule has 0 aliphatic heterocycles. The number of nitrogens with zero attached hydrogens (tertiary/aromatic N) is 3. The minimum Gasteiger partial charge on any atom is -0.330 e. The standard InChI is InChI=1S/C11H18F2N4O/c1-3-17-9(6-8(2)15-17)11(18)16(5-4-14)7-10(12)13/h6,10H,3-5,7,14H2,1-2H3. The van der Waals surface area contributed by atoms with E-state index >= 15 is 0 Å². The number of hydrogen-bond donors (Lipinski definition) is 1. The highest BCUT2D eigenvalue weighted by atomic mass is 19.3. The van der Waals surface area contributed by atoms with Gasteiger partial charge in [0.2, 0.25) is 0 Å². The van der Waals surface area contributed by atoms with Crippen molar-refractivity contribution in [2.24, 2.45) is 5.73 Å². The van der Waals surface area contributed by atoms with E-state index in [0.717, 1.165) is 4.90 Å². The molecule has 1 aromatic rings. The van der Waals surface area contributed by atoms with Crippen LogP contribution in [0.3, 0.4) is 0 Å². The molecule has 5 nitrogen and oxygen atoms in total. The second kappa shape index (κ2) is 6.44. The summed E-state index contributed by atoms with van der Waals surface area (Å²) in [4.78, 5) is 13.2. The maximum atomic E-state index is 12.4. The van der Waals surface area contributed by atoms with Gasteiger partial charge in [0.25, 0.3) is 12.3 Å². The molecule has 1 heterocycles. The minimum atomic E-state index is -2.57. The van der Waals surface area contributed by atoms with Crippen LogP contribution in [-0.2, 0) is 6.54 Å². The van der Waals surface area contributed by atoms with Crippen molar-refractivity contribution in [3.05, 3.63) is 17.5 Å². The van der Waals surface area contributed by atoms with Crippen LogP contribution >= 0.6 is 0 Å². The van der Waals surface area contributed by atoms with E-state index < -0.39 is 18.9 Å². The second-order valence-electron chi connectivity index (χ2n) is 3.92. The number of rotatable bonds is 6. The lowest BCUT2D eigenvalue weighted by Gasteiger charge is -2.21. The smallest absolute Gasteiger partial charge is 0.272 e. The van der Waals surface area contributed by atoms with Crippen molar-refractivity contribution in [3.63, 3.8) is 0 Å². The highest BCUT2D eigenvalue weighted by molar-refractivity contribution is 5.92. The second-order valence-corrected chi connectivity index (χ2v) is 3.92. The highest BCUT2D eigenvalue weighted by Crippen LogP contribution is 2.09. The first-order valence-corrected chi connectivity index (χ1v) is 5.81. The molecule has 0 aliphatic carbocycles. The van der Waals surface area contributed by atoms with Gasteiger partial charge in [0.1, 0.15) is 5.69 Å². The van der Waals surface area contributed by atoms with Crippen LogP contribution in [0.1, 0.15) is 23.1 Å². The molecule has 0 radical (unpaired) electrons. The third kappa shape index (κ3) is 3.49. The molecular formula is C11H18F2N4O. The van der Waals surface area contributed by atoms with Gasteiger partial charge in [0.05, 0.1) is 12.2 Å². The van der Waals surface area contributed by atoms with Gasteiger partial charge in [-0.05, 0) is 19.9 Å². The van der Waals surface area contributed by atoms with E-state index in [2.05, 4.69) is 5.10 Å². The summed E-state index contributed by atoms with van der Waals surface area (Å²) in [5.41, 5.74) is 6.34. The van der Waals surface area contributed by atoms with Crippen molar-refractivity contribution < 1.29 is 13.6 Å². The largest absolute Gasteiger partial charge is 0.330 e. The van der Waals surface area contributed by atoms with E-state index in [0.29, 0.717) is 17.9 Å². The molecule has 0 aromatic carbocycles. The zero-order valence-corrected chi connectivity index (χ0v) is 10.6. The summed E-state index contributed by atoms with van der Waals surface area (Å²) in [7, 11) is 0. The van der Waals surface area contributed by atoms with Crippen LogP contribution in [0.5, 0.6) is 0 Å². The van der Waals surface area contributed by atoms with Crippen molar-refractivity contribution in [1.29, 1.82) is 0 Å². The number of aromatic nitrogens is 2. The Balaban J connectivity index is 2.93. The number of aryl methyl sites for hydroxylation is 2. The predicted molar refractivity (Wildman–Crippen MR) is 63.6 cm³/mol. The van der Waals surface area contributed by atoms with Crippen molar-refractivity contribution in [2.45, 2.75) is 26.8 Å². The van der Waals surface area contributed by atoms with E-state index in [1.54, 1.807) is 13.0 Å². The minimum absolute atomic E-state index is 0.108. The van der Waals surface area contributed by atoms with Gasteiger partial charge in [0.15, 0.2) is 0 Å². The monoisotopic (exact) mass is 260 g/mol. The Hall–Kier alpha value is -1.50. The van der Waals surface area contributed by atoms with Gasteiger partial charge >= 0.3 is 0 Å². The molecule has 7 heteroatoms. The summed E-state index contributed by atoms with van der Waals surface area (Å²) in [6.07, 6.45) is -2.57. The first-order chi connectivity index (χ1) is 8.49. The number of halogens is 2. The molecule has 18 heavy (non-hydrogen) atoms. The zero-order chi connectivity index (χ0) is 13.7. The van der Waals surface area contributed by atoms with Crippen LogP contribution in [0.4, 0.5) is 8.78 Å². The van der Waals surface area contributed by atoms with E-state index in [4.69, 9.17) is 5.73 Å². The maximum absolute atomic E-state index is 12.4. The summed E-state index contributed by atoms with van der Waals surface area (Å²) in [6, 6.07) is 1.60. The fourth-order valence-electron chi connectivity index (χ4n) is 1.72. The van der Waals surface area contributed by atoms with Crippen molar-refractivity contribution in [1.82, 2.24) is 14.7 Å². The van der Waals surface area contributed by atoms with Crippen LogP contribution < -0.4 is 5.73 Å². The van der Waals surface area contributed by atoms with Gasteiger partial charge in [-0.3, -0.25) is 9.48 Å². The van der Waals surface area contributed by atoms with E-state index in [1.807, 2.05) is 6.92 Å². The molecule has 0 saturated carbocycles. The predicted octanol–water partition coefficient (Wildman–Crippen LogP) is 0.877. The highest BCUT2D eigenvalue weighted by Gasteiger charge is 2.22. The Labute approximate surface area is 105 Å². The van der Waals surface area contributed by atoms with Crippen LogP contribution in [0.2, 0.25) is 0 Å². The Morgan fingerprint density at radius 1 is 1.61 bits per heavy atom.